The van der Waals surface area contributed by atoms with Crippen LogP contribution < -0.4 is 16.0 Å². The van der Waals surface area contributed by atoms with E-state index < -0.39 is 0 Å². The molecule has 0 radical (unpaired) electrons. The van der Waals surface area contributed by atoms with Gasteiger partial charge in [-0.1, -0.05) is 28.1 Å². The Kier molecular flexibility index (Phi) is 3.36. The number of halogens is 1. The average molecular weight is 332 g/mol. The van der Waals surface area contributed by atoms with Crippen molar-refractivity contribution in [1.82, 2.24) is 5.32 Å². The summed E-state index contributed by atoms with van der Waals surface area (Å²) in [6.45, 7) is 0.615. The number of nitrogens with one attached hydrogen (secondary N) is 1. The van der Waals surface area contributed by atoms with Crippen LogP contribution in [0.25, 0.3) is 0 Å². The Morgan fingerprint density at radius 2 is 1.75 bits per heavy atom. The van der Waals surface area contributed by atoms with Crippen LogP contribution in [0.15, 0.2) is 53.0 Å². The highest BCUT2D eigenvalue weighted by atomic mass is 79.9. The summed E-state index contributed by atoms with van der Waals surface area (Å²) in [6.07, 6.45) is 0. The molecule has 0 aromatic heterocycles. The fraction of sp³-hybridized carbons (Fsp3) is 0.133. The quantitative estimate of drug-likeness (QED) is 0.829. The summed E-state index contributed by atoms with van der Waals surface area (Å²) < 4.78 is 1.03. The standard InChI is InChI=1S/C15H14BrN3O/c16-11-3-1-10(2-4-11)14-9-19(15(20)18-14)13-7-5-12(17)6-8-13/h1-8,14H,9,17H2,(H,18,20). The maximum atomic E-state index is 12.1. The van der Waals surface area contributed by atoms with E-state index in [0.29, 0.717) is 12.2 Å². The van der Waals surface area contributed by atoms with Crippen LogP contribution in [0, 0.1) is 0 Å². The summed E-state index contributed by atoms with van der Waals surface area (Å²) in [7, 11) is 0. The Labute approximate surface area is 125 Å². The van der Waals surface area contributed by atoms with Crippen LogP contribution in [0.2, 0.25) is 0 Å². The van der Waals surface area contributed by atoms with Crippen molar-refractivity contribution in [3.05, 3.63) is 58.6 Å². The smallest absolute Gasteiger partial charge is 0.322 e. The minimum atomic E-state index is -0.0808. The molecule has 1 aliphatic rings. The first-order chi connectivity index (χ1) is 9.63. The summed E-state index contributed by atoms with van der Waals surface area (Å²) in [4.78, 5) is 13.8. The van der Waals surface area contributed by atoms with Gasteiger partial charge in [0.2, 0.25) is 0 Å². The maximum Gasteiger partial charge on any atom is 0.322 e. The van der Waals surface area contributed by atoms with Gasteiger partial charge in [-0.25, -0.2) is 4.79 Å². The Morgan fingerprint density at radius 3 is 2.40 bits per heavy atom. The normalized spacial score (nSPS) is 18.1. The lowest BCUT2D eigenvalue weighted by Crippen LogP contribution is -2.27. The second-order valence-electron chi connectivity index (χ2n) is 4.76. The molecule has 20 heavy (non-hydrogen) atoms. The van der Waals surface area contributed by atoms with Crippen LogP contribution >= 0.6 is 15.9 Å². The van der Waals surface area contributed by atoms with Crippen molar-refractivity contribution < 1.29 is 4.79 Å². The fourth-order valence-corrected chi connectivity index (χ4v) is 2.56. The third-order valence-corrected chi connectivity index (χ3v) is 3.91. The van der Waals surface area contributed by atoms with Crippen LogP contribution in [0.5, 0.6) is 0 Å². The second kappa shape index (κ2) is 5.17. The number of anilines is 2. The SMILES string of the molecule is Nc1ccc(N2CC(c3ccc(Br)cc3)NC2=O)cc1. The van der Waals surface area contributed by atoms with Gasteiger partial charge >= 0.3 is 6.03 Å². The molecule has 1 unspecified atom stereocenters. The molecular weight excluding hydrogens is 318 g/mol. The van der Waals surface area contributed by atoms with Gasteiger partial charge in [0.25, 0.3) is 0 Å². The zero-order valence-electron chi connectivity index (χ0n) is 10.7. The second-order valence-corrected chi connectivity index (χ2v) is 5.67. The number of hydrogen-bond donors (Lipinski definition) is 2. The molecule has 1 atom stereocenters. The molecule has 5 heteroatoms. The number of nitrogens with two attached hydrogens (primary N) is 1. The highest BCUT2D eigenvalue weighted by Crippen LogP contribution is 2.26. The molecule has 1 fully saturated rings. The number of amides is 2. The minimum Gasteiger partial charge on any atom is -0.399 e. The number of urea groups is 1. The van der Waals surface area contributed by atoms with Gasteiger partial charge in [0.15, 0.2) is 0 Å². The maximum absolute atomic E-state index is 12.1. The van der Waals surface area contributed by atoms with Gasteiger partial charge in [0.1, 0.15) is 0 Å². The molecule has 0 saturated carbocycles. The predicted molar refractivity (Wildman–Crippen MR) is 83.6 cm³/mol. The number of rotatable bonds is 2. The zero-order chi connectivity index (χ0) is 14.1. The molecule has 4 nitrogen and oxygen atoms in total. The monoisotopic (exact) mass is 331 g/mol. The summed E-state index contributed by atoms with van der Waals surface area (Å²) in [5, 5.41) is 2.99. The Balaban J connectivity index is 1.81. The van der Waals surface area contributed by atoms with Gasteiger partial charge in [-0.15, -0.1) is 0 Å². The van der Waals surface area contributed by atoms with Crippen LogP contribution in [0.4, 0.5) is 16.2 Å². The number of benzene rings is 2. The molecule has 102 valence electrons. The summed E-state index contributed by atoms with van der Waals surface area (Å²) in [5.41, 5.74) is 8.32. The molecule has 0 spiro atoms. The van der Waals surface area contributed by atoms with Crippen LogP contribution in [0.1, 0.15) is 11.6 Å². The Bertz CT molecular complexity index is 625. The average Bonchev–Trinajstić information content (AvgIpc) is 2.82. The van der Waals surface area contributed by atoms with Crippen LogP contribution in [0.3, 0.4) is 0 Å². The summed E-state index contributed by atoms with van der Waals surface area (Å²) >= 11 is 3.41. The van der Waals surface area contributed by atoms with Crippen molar-refractivity contribution in [3.8, 4) is 0 Å². The van der Waals surface area contributed by atoms with E-state index in [2.05, 4.69) is 21.2 Å². The highest BCUT2D eigenvalue weighted by Gasteiger charge is 2.30. The van der Waals surface area contributed by atoms with Crippen molar-refractivity contribution >= 4 is 33.3 Å². The van der Waals surface area contributed by atoms with Gasteiger partial charge in [0.05, 0.1) is 12.6 Å². The van der Waals surface area contributed by atoms with E-state index in [0.717, 1.165) is 15.7 Å². The van der Waals surface area contributed by atoms with E-state index in [1.54, 1.807) is 17.0 Å². The first-order valence-corrected chi connectivity index (χ1v) is 7.12. The molecular formula is C15H14BrN3O. The molecule has 2 amide bonds. The molecule has 3 rings (SSSR count). The van der Waals surface area contributed by atoms with E-state index in [-0.39, 0.29) is 12.1 Å². The van der Waals surface area contributed by atoms with Crippen molar-refractivity contribution in [2.45, 2.75) is 6.04 Å². The third kappa shape index (κ3) is 2.49. The van der Waals surface area contributed by atoms with Gasteiger partial charge in [0, 0.05) is 15.8 Å². The molecule has 1 aliphatic heterocycles. The Hall–Kier alpha value is -2.01. The van der Waals surface area contributed by atoms with E-state index in [4.69, 9.17) is 5.73 Å². The molecule has 2 aromatic rings. The number of hydrogen-bond acceptors (Lipinski definition) is 2. The van der Waals surface area contributed by atoms with Gasteiger partial charge in [-0.2, -0.15) is 0 Å². The van der Waals surface area contributed by atoms with Crippen molar-refractivity contribution in [1.29, 1.82) is 0 Å². The lowest BCUT2D eigenvalue weighted by atomic mass is 10.1. The summed E-state index contributed by atoms with van der Waals surface area (Å²) in [6, 6.07) is 15.2. The van der Waals surface area contributed by atoms with E-state index in [9.17, 15) is 4.79 Å². The van der Waals surface area contributed by atoms with Crippen LogP contribution in [-0.4, -0.2) is 12.6 Å². The molecule has 0 bridgehead atoms. The highest BCUT2D eigenvalue weighted by molar-refractivity contribution is 9.10. The third-order valence-electron chi connectivity index (χ3n) is 3.39. The number of nitrogens with zero attached hydrogens (tertiary/aromatic N) is 1. The van der Waals surface area contributed by atoms with Gasteiger partial charge < -0.3 is 11.1 Å². The lowest BCUT2D eigenvalue weighted by Gasteiger charge is -2.15. The molecule has 0 aliphatic carbocycles. The molecule has 2 aromatic carbocycles. The largest absolute Gasteiger partial charge is 0.399 e. The fourth-order valence-electron chi connectivity index (χ4n) is 2.30. The first kappa shape index (κ1) is 13.0. The van der Waals surface area contributed by atoms with Crippen molar-refractivity contribution in [2.24, 2.45) is 0 Å². The van der Waals surface area contributed by atoms with E-state index in [1.165, 1.54) is 0 Å². The zero-order valence-corrected chi connectivity index (χ0v) is 12.3. The minimum absolute atomic E-state index is 0.00755. The van der Waals surface area contributed by atoms with Crippen LogP contribution in [-0.2, 0) is 0 Å². The predicted octanol–water partition coefficient (Wildman–Crippen LogP) is 3.30. The Morgan fingerprint density at radius 1 is 1.10 bits per heavy atom. The van der Waals surface area contributed by atoms with Gasteiger partial charge in [-0.3, -0.25) is 4.90 Å². The topological polar surface area (TPSA) is 58.4 Å². The lowest BCUT2D eigenvalue weighted by molar-refractivity contribution is 0.251. The van der Waals surface area contributed by atoms with Crippen molar-refractivity contribution in [2.75, 3.05) is 17.2 Å². The van der Waals surface area contributed by atoms with E-state index in [1.807, 2.05) is 36.4 Å². The molecule has 1 heterocycles. The number of carbonyl (C=O) groups is 1. The number of nitrogen functional groups attached to an aromatic ring is 1. The molecule has 3 N–H and O–H groups in total. The molecule has 1 saturated heterocycles. The van der Waals surface area contributed by atoms with Crippen molar-refractivity contribution in [3.63, 3.8) is 0 Å². The van der Waals surface area contributed by atoms with E-state index >= 15 is 0 Å². The first-order valence-electron chi connectivity index (χ1n) is 6.32. The summed E-state index contributed by atoms with van der Waals surface area (Å²) in [5.74, 6) is 0. The number of carbonyl (C=O) groups excluding carboxylic acids is 1. The van der Waals surface area contributed by atoms with Gasteiger partial charge in [-0.05, 0) is 42.0 Å².